The number of thiophene rings is 2. The van der Waals surface area contributed by atoms with E-state index < -0.39 is 0 Å². The Morgan fingerprint density at radius 3 is 2.50 bits per heavy atom. The van der Waals surface area contributed by atoms with Crippen molar-refractivity contribution in [1.82, 2.24) is 10.2 Å². The zero-order valence-corrected chi connectivity index (χ0v) is 18.2. The normalized spacial score (nSPS) is 16.8. The molecule has 1 atom stereocenters. The van der Waals surface area contributed by atoms with Gasteiger partial charge in [0, 0.05) is 39.8 Å². The van der Waals surface area contributed by atoms with Gasteiger partial charge < -0.3 is 10.2 Å². The number of nitrogens with zero attached hydrogens (tertiary/aromatic N) is 1. The maximum atomic E-state index is 13.0. The maximum Gasteiger partial charge on any atom is 0.263 e. The Morgan fingerprint density at radius 2 is 1.79 bits per heavy atom. The smallest absolute Gasteiger partial charge is 0.263 e. The molecule has 1 aliphatic rings. The summed E-state index contributed by atoms with van der Waals surface area (Å²) in [6.45, 7) is 7.58. The van der Waals surface area contributed by atoms with Crippen LogP contribution in [0.25, 0.3) is 19.5 Å². The third-order valence-corrected chi connectivity index (χ3v) is 8.19. The number of carbonyl (C=O) groups excluding carboxylic acids is 2. The molecule has 0 bridgehead atoms. The Balaban J connectivity index is 1.41. The number of amides is 2. The zero-order chi connectivity index (χ0) is 19.8. The first kappa shape index (κ1) is 19.4. The Hall–Kier alpha value is -1.92. The van der Waals surface area contributed by atoms with E-state index in [-0.39, 0.29) is 23.8 Å². The standard InChI is InChI=1S/C22H26N2O2S2/c1-13(2)14(3)23-21(25)15-8-10-24(11-9-15)22(26)19-12-18-20(28-19)16-6-4-5-7-17(16)27-18/h4-7,12-15H,8-11H2,1-3H3,(H,23,25). The Bertz CT molecular complexity index is 1010. The summed E-state index contributed by atoms with van der Waals surface area (Å²) in [5.41, 5.74) is 0. The van der Waals surface area contributed by atoms with Crippen LogP contribution in [0, 0.1) is 11.8 Å². The number of piperidine rings is 1. The minimum Gasteiger partial charge on any atom is -0.353 e. The van der Waals surface area contributed by atoms with Crippen LogP contribution >= 0.6 is 22.7 Å². The number of benzene rings is 1. The molecule has 2 amide bonds. The number of fused-ring (bicyclic) bond motifs is 3. The first-order chi connectivity index (χ1) is 13.4. The number of carbonyl (C=O) groups is 2. The molecule has 1 aromatic carbocycles. The zero-order valence-electron chi connectivity index (χ0n) is 16.5. The summed E-state index contributed by atoms with van der Waals surface area (Å²) in [7, 11) is 0. The van der Waals surface area contributed by atoms with Gasteiger partial charge in [0.05, 0.1) is 9.58 Å². The average Bonchev–Trinajstić information content (AvgIpc) is 3.25. The second kappa shape index (κ2) is 7.84. The molecule has 3 heterocycles. The fraction of sp³-hybridized carbons (Fsp3) is 0.455. The second-order valence-corrected chi connectivity index (χ2v) is 10.1. The van der Waals surface area contributed by atoms with Gasteiger partial charge in [-0.2, -0.15) is 0 Å². The molecule has 0 spiro atoms. The molecule has 0 radical (unpaired) electrons. The molecule has 3 aromatic rings. The first-order valence-corrected chi connectivity index (χ1v) is 11.6. The molecule has 4 rings (SSSR count). The van der Waals surface area contributed by atoms with E-state index in [2.05, 4.69) is 37.4 Å². The van der Waals surface area contributed by atoms with E-state index in [1.54, 1.807) is 22.7 Å². The molecule has 0 saturated carbocycles. The Kier molecular flexibility index (Phi) is 5.43. The van der Waals surface area contributed by atoms with E-state index in [0.717, 1.165) is 17.7 Å². The van der Waals surface area contributed by atoms with Crippen molar-refractivity contribution in [2.24, 2.45) is 11.8 Å². The predicted molar refractivity (Wildman–Crippen MR) is 118 cm³/mol. The molecule has 6 heteroatoms. The summed E-state index contributed by atoms with van der Waals surface area (Å²) in [6.07, 6.45) is 1.48. The lowest BCUT2D eigenvalue weighted by molar-refractivity contribution is -0.127. The fourth-order valence-electron chi connectivity index (χ4n) is 3.61. The molecular weight excluding hydrogens is 388 g/mol. The van der Waals surface area contributed by atoms with Gasteiger partial charge in [-0.3, -0.25) is 9.59 Å². The van der Waals surface area contributed by atoms with E-state index in [0.29, 0.717) is 19.0 Å². The molecule has 2 aromatic heterocycles. The highest BCUT2D eigenvalue weighted by atomic mass is 32.1. The highest BCUT2D eigenvalue weighted by Gasteiger charge is 2.29. The van der Waals surface area contributed by atoms with Crippen LogP contribution in [0.15, 0.2) is 30.3 Å². The number of rotatable bonds is 4. The van der Waals surface area contributed by atoms with Crippen molar-refractivity contribution in [1.29, 1.82) is 0 Å². The molecule has 1 unspecified atom stereocenters. The molecule has 1 aliphatic heterocycles. The van der Waals surface area contributed by atoms with Crippen LogP contribution in [0.5, 0.6) is 0 Å². The monoisotopic (exact) mass is 414 g/mol. The van der Waals surface area contributed by atoms with E-state index in [4.69, 9.17) is 0 Å². The molecule has 1 fully saturated rings. The van der Waals surface area contributed by atoms with Crippen molar-refractivity contribution < 1.29 is 9.59 Å². The third kappa shape index (κ3) is 3.67. The van der Waals surface area contributed by atoms with Gasteiger partial charge in [0.15, 0.2) is 0 Å². The topological polar surface area (TPSA) is 49.4 Å². The Labute approximate surface area is 173 Å². The van der Waals surface area contributed by atoms with Gasteiger partial charge in [-0.15, -0.1) is 22.7 Å². The highest BCUT2D eigenvalue weighted by Crippen LogP contribution is 2.39. The van der Waals surface area contributed by atoms with E-state index in [9.17, 15) is 9.59 Å². The predicted octanol–water partition coefficient (Wildman–Crippen LogP) is 5.13. The molecule has 1 saturated heterocycles. The van der Waals surface area contributed by atoms with Crippen molar-refractivity contribution in [3.05, 3.63) is 35.2 Å². The summed E-state index contributed by atoms with van der Waals surface area (Å²) in [6, 6.07) is 10.6. The van der Waals surface area contributed by atoms with Crippen molar-refractivity contribution in [2.45, 2.75) is 39.7 Å². The lowest BCUT2D eigenvalue weighted by Gasteiger charge is -2.32. The number of nitrogens with one attached hydrogen (secondary N) is 1. The lowest BCUT2D eigenvalue weighted by Crippen LogP contribution is -2.45. The number of hydrogen-bond acceptors (Lipinski definition) is 4. The molecule has 4 nitrogen and oxygen atoms in total. The molecular formula is C22H26N2O2S2. The van der Waals surface area contributed by atoms with Crippen LogP contribution in [0.3, 0.4) is 0 Å². The molecule has 148 valence electrons. The first-order valence-electron chi connectivity index (χ1n) is 9.94. The van der Waals surface area contributed by atoms with Gasteiger partial charge in [-0.25, -0.2) is 0 Å². The van der Waals surface area contributed by atoms with E-state index in [1.807, 2.05) is 24.0 Å². The van der Waals surface area contributed by atoms with Crippen LogP contribution in [-0.4, -0.2) is 35.8 Å². The molecule has 0 aliphatic carbocycles. The minimum atomic E-state index is 0.0148. The molecule has 28 heavy (non-hydrogen) atoms. The van der Waals surface area contributed by atoms with Gasteiger partial charge >= 0.3 is 0 Å². The summed E-state index contributed by atoms with van der Waals surface area (Å²) in [5.74, 6) is 0.679. The number of likely N-dealkylation sites (tertiary alicyclic amines) is 1. The summed E-state index contributed by atoms with van der Waals surface area (Å²) in [5, 5.41) is 4.35. The fourth-order valence-corrected chi connectivity index (χ4v) is 6.11. The third-order valence-electron chi connectivity index (χ3n) is 5.78. The van der Waals surface area contributed by atoms with Crippen molar-refractivity contribution in [2.75, 3.05) is 13.1 Å². The van der Waals surface area contributed by atoms with Crippen LogP contribution in [0.1, 0.15) is 43.3 Å². The Morgan fingerprint density at radius 1 is 1.07 bits per heavy atom. The van der Waals surface area contributed by atoms with Gasteiger partial charge in [0.2, 0.25) is 5.91 Å². The van der Waals surface area contributed by atoms with Crippen LogP contribution in [-0.2, 0) is 4.79 Å². The van der Waals surface area contributed by atoms with Crippen LogP contribution in [0.2, 0.25) is 0 Å². The van der Waals surface area contributed by atoms with Gasteiger partial charge in [0.1, 0.15) is 0 Å². The number of hydrogen-bond donors (Lipinski definition) is 1. The quantitative estimate of drug-likeness (QED) is 0.643. The SMILES string of the molecule is CC(C)C(C)NC(=O)C1CCN(C(=O)c2cc3sc4ccccc4c3s2)CC1. The lowest BCUT2D eigenvalue weighted by atomic mass is 9.94. The van der Waals surface area contributed by atoms with Crippen LogP contribution < -0.4 is 5.32 Å². The van der Waals surface area contributed by atoms with E-state index >= 15 is 0 Å². The highest BCUT2D eigenvalue weighted by molar-refractivity contribution is 7.33. The second-order valence-electron chi connectivity index (χ2n) is 8.01. The maximum absolute atomic E-state index is 13.0. The van der Waals surface area contributed by atoms with Crippen molar-refractivity contribution in [3.8, 4) is 0 Å². The average molecular weight is 415 g/mol. The molecule has 1 N–H and O–H groups in total. The summed E-state index contributed by atoms with van der Waals surface area (Å²) in [4.78, 5) is 28.2. The van der Waals surface area contributed by atoms with Gasteiger partial charge in [-0.1, -0.05) is 32.0 Å². The largest absolute Gasteiger partial charge is 0.353 e. The minimum absolute atomic E-state index is 0.0148. The van der Waals surface area contributed by atoms with E-state index in [1.165, 1.54) is 19.5 Å². The summed E-state index contributed by atoms with van der Waals surface area (Å²) >= 11 is 3.34. The van der Waals surface area contributed by atoms with Crippen molar-refractivity contribution >= 4 is 54.0 Å². The van der Waals surface area contributed by atoms with Gasteiger partial charge in [0.25, 0.3) is 5.91 Å². The summed E-state index contributed by atoms with van der Waals surface area (Å²) < 4.78 is 3.66. The van der Waals surface area contributed by atoms with Crippen molar-refractivity contribution in [3.63, 3.8) is 0 Å². The van der Waals surface area contributed by atoms with Crippen LogP contribution in [0.4, 0.5) is 0 Å². The van der Waals surface area contributed by atoms with Gasteiger partial charge in [-0.05, 0) is 37.8 Å².